The molecule has 1 aliphatic carbocycles. The fourth-order valence-corrected chi connectivity index (χ4v) is 3.36. The van der Waals surface area contributed by atoms with Gasteiger partial charge in [0.25, 0.3) is 0 Å². The molecule has 1 amide bonds. The minimum atomic E-state index is -4.35. The molecule has 3 aromatic rings. The Labute approximate surface area is 165 Å². The van der Waals surface area contributed by atoms with E-state index in [0.717, 1.165) is 41.4 Å². The van der Waals surface area contributed by atoms with Crippen LogP contribution in [0.25, 0.3) is 10.9 Å². The highest BCUT2D eigenvalue weighted by Crippen LogP contribution is 2.33. The number of alkyl halides is 3. The maximum absolute atomic E-state index is 12.6. The van der Waals surface area contributed by atoms with Crippen molar-refractivity contribution in [2.24, 2.45) is 5.92 Å². The molecular weight excluding hydrogens is 381 g/mol. The van der Waals surface area contributed by atoms with E-state index in [1.54, 1.807) is 6.20 Å². The number of aliphatic hydroxyl groups is 1. The lowest BCUT2D eigenvalue weighted by molar-refractivity contribution is -0.137. The van der Waals surface area contributed by atoms with Crippen LogP contribution in [0.5, 0.6) is 0 Å². The summed E-state index contributed by atoms with van der Waals surface area (Å²) < 4.78 is 37.9. The molecular formula is C22H21F3N2O2. The van der Waals surface area contributed by atoms with Crippen molar-refractivity contribution < 1.29 is 23.1 Å². The number of anilines is 1. The van der Waals surface area contributed by atoms with E-state index in [9.17, 15) is 23.1 Å². The van der Waals surface area contributed by atoms with Crippen molar-refractivity contribution >= 4 is 22.5 Å². The first-order valence-electron chi connectivity index (χ1n) is 9.57. The summed E-state index contributed by atoms with van der Waals surface area (Å²) in [6.45, 7) is 0. The van der Waals surface area contributed by atoms with Crippen molar-refractivity contribution in [3.8, 4) is 0 Å². The van der Waals surface area contributed by atoms with Crippen LogP contribution < -0.4 is 5.32 Å². The molecule has 0 aliphatic heterocycles. The minimum absolute atomic E-state index is 0.0131. The van der Waals surface area contributed by atoms with Gasteiger partial charge in [-0.25, -0.2) is 0 Å². The SMILES string of the molecule is O=C(Nc1c[nH]c2ccc(C(O)CCc3ccc(C(F)(F)F)cc3)cc12)C1CC1. The first kappa shape index (κ1) is 19.5. The van der Waals surface area contributed by atoms with Gasteiger partial charge in [-0.15, -0.1) is 0 Å². The number of aromatic nitrogens is 1. The van der Waals surface area contributed by atoms with E-state index in [1.807, 2.05) is 18.2 Å². The Hall–Kier alpha value is -2.80. The summed E-state index contributed by atoms with van der Waals surface area (Å²) in [6.07, 6.45) is -0.700. The summed E-state index contributed by atoms with van der Waals surface area (Å²) in [5.74, 6) is 0.108. The fraction of sp³-hybridized carbons (Fsp3) is 0.318. The van der Waals surface area contributed by atoms with Crippen molar-refractivity contribution in [2.75, 3.05) is 5.32 Å². The third-order valence-corrected chi connectivity index (χ3v) is 5.28. The van der Waals surface area contributed by atoms with Crippen LogP contribution in [0, 0.1) is 5.92 Å². The Kier molecular flexibility index (Phi) is 5.08. The monoisotopic (exact) mass is 402 g/mol. The highest BCUT2D eigenvalue weighted by molar-refractivity contribution is 6.03. The largest absolute Gasteiger partial charge is 0.416 e. The zero-order chi connectivity index (χ0) is 20.6. The molecule has 0 saturated heterocycles. The van der Waals surface area contributed by atoms with Crippen LogP contribution >= 0.6 is 0 Å². The summed E-state index contributed by atoms with van der Waals surface area (Å²) >= 11 is 0. The number of rotatable bonds is 6. The van der Waals surface area contributed by atoms with Gasteiger partial charge in [-0.3, -0.25) is 4.79 Å². The van der Waals surface area contributed by atoms with Crippen LogP contribution in [0.2, 0.25) is 0 Å². The molecule has 29 heavy (non-hydrogen) atoms. The maximum Gasteiger partial charge on any atom is 0.416 e. The minimum Gasteiger partial charge on any atom is -0.388 e. The number of halogens is 3. The van der Waals surface area contributed by atoms with E-state index in [-0.39, 0.29) is 11.8 Å². The number of hydrogen-bond donors (Lipinski definition) is 3. The van der Waals surface area contributed by atoms with Gasteiger partial charge in [0, 0.05) is 23.0 Å². The number of carbonyl (C=O) groups is 1. The zero-order valence-corrected chi connectivity index (χ0v) is 15.6. The van der Waals surface area contributed by atoms with Crippen LogP contribution in [-0.4, -0.2) is 16.0 Å². The standard InChI is InChI=1S/C22H21F3N2O2/c23-22(24,25)16-7-1-13(2-8-16)3-10-20(28)15-6-9-18-17(11-15)19(12-26-18)27-21(29)14-4-5-14/h1-2,6-9,11-12,14,20,26,28H,3-5,10H2,(H,27,29). The molecule has 4 rings (SSSR count). The van der Waals surface area contributed by atoms with Crippen LogP contribution in [0.4, 0.5) is 18.9 Å². The predicted molar refractivity (Wildman–Crippen MR) is 104 cm³/mol. The highest BCUT2D eigenvalue weighted by atomic mass is 19.4. The Morgan fingerprint density at radius 1 is 1.17 bits per heavy atom. The second-order valence-corrected chi connectivity index (χ2v) is 7.52. The fourth-order valence-electron chi connectivity index (χ4n) is 3.36. The summed E-state index contributed by atoms with van der Waals surface area (Å²) in [5, 5.41) is 14.3. The highest BCUT2D eigenvalue weighted by Gasteiger charge is 2.30. The number of carbonyl (C=O) groups excluding carboxylic acids is 1. The summed E-state index contributed by atoms with van der Waals surface area (Å²) in [4.78, 5) is 15.1. The third kappa shape index (κ3) is 4.45. The molecule has 0 radical (unpaired) electrons. The second kappa shape index (κ2) is 7.55. The van der Waals surface area contributed by atoms with E-state index >= 15 is 0 Å². The van der Waals surface area contributed by atoms with E-state index in [2.05, 4.69) is 10.3 Å². The lowest BCUT2D eigenvalue weighted by atomic mass is 9.99. The van der Waals surface area contributed by atoms with Crippen LogP contribution in [0.1, 0.15) is 42.1 Å². The zero-order valence-electron chi connectivity index (χ0n) is 15.6. The van der Waals surface area contributed by atoms with Gasteiger partial charge in [0.1, 0.15) is 0 Å². The molecule has 7 heteroatoms. The molecule has 2 aromatic carbocycles. The van der Waals surface area contributed by atoms with Gasteiger partial charge >= 0.3 is 6.18 Å². The molecule has 1 atom stereocenters. The molecule has 1 aromatic heterocycles. The van der Waals surface area contributed by atoms with Crippen LogP contribution in [0.3, 0.4) is 0 Å². The van der Waals surface area contributed by atoms with Gasteiger partial charge < -0.3 is 15.4 Å². The molecule has 3 N–H and O–H groups in total. The number of H-pyrrole nitrogens is 1. The summed E-state index contributed by atoms with van der Waals surface area (Å²) in [5.41, 5.74) is 2.30. The van der Waals surface area contributed by atoms with Gasteiger partial charge in [-0.1, -0.05) is 18.2 Å². The number of aromatic amines is 1. The van der Waals surface area contributed by atoms with Gasteiger partial charge in [0.15, 0.2) is 0 Å². The Bertz CT molecular complexity index is 1020. The topological polar surface area (TPSA) is 65.1 Å². The first-order valence-corrected chi connectivity index (χ1v) is 9.57. The normalized spacial score (nSPS) is 15.4. The van der Waals surface area contributed by atoms with Gasteiger partial charge in [-0.05, 0) is 61.1 Å². The second-order valence-electron chi connectivity index (χ2n) is 7.52. The lowest BCUT2D eigenvalue weighted by Gasteiger charge is -2.12. The average Bonchev–Trinajstić information content (AvgIpc) is 3.48. The van der Waals surface area contributed by atoms with Gasteiger partial charge in [0.05, 0.1) is 17.4 Å². The van der Waals surface area contributed by atoms with Crippen molar-refractivity contribution in [3.63, 3.8) is 0 Å². The molecule has 1 unspecified atom stereocenters. The number of aliphatic hydroxyl groups excluding tert-OH is 1. The quantitative estimate of drug-likeness (QED) is 0.531. The smallest absolute Gasteiger partial charge is 0.388 e. The number of fused-ring (bicyclic) bond motifs is 1. The Morgan fingerprint density at radius 3 is 2.55 bits per heavy atom. The van der Waals surface area contributed by atoms with Crippen molar-refractivity contribution in [3.05, 3.63) is 65.4 Å². The molecule has 0 spiro atoms. The van der Waals surface area contributed by atoms with E-state index < -0.39 is 17.8 Å². The van der Waals surface area contributed by atoms with Crippen molar-refractivity contribution in [1.82, 2.24) is 4.98 Å². The Balaban J connectivity index is 1.44. The van der Waals surface area contributed by atoms with Gasteiger partial charge in [-0.2, -0.15) is 13.2 Å². The summed E-state index contributed by atoms with van der Waals surface area (Å²) in [7, 11) is 0. The van der Waals surface area contributed by atoms with E-state index in [4.69, 9.17) is 0 Å². The number of benzene rings is 2. The molecule has 1 aliphatic rings. The van der Waals surface area contributed by atoms with E-state index in [1.165, 1.54) is 12.1 Å². The molecule has 1 fully saturated rings. The number of aryl methyl sites for hydroxylation is 1. The van der Waals surface area contributed by atoms with E-state index in [0.29, 0.717) is 24.1 Å². The van der Waals surface area contributed by atoms with Crippen molar-refractivity contribution in [1.29, 1.82) is 0 Å². The third-order valence-electron chi connectivity index (χ3n) is 5.28. The summed E-state index contributed by atoms with van der Waals surface area (Å²) in [6, 6.07) is 10.5. The molecule has 0 bridgehead atoms. The molecule has 152 valence electrons. The molecule has 1 saturated carbocycles. The van der Waals surface area contributed by atoms with Gasteiger partial charge in [0.2, 0.25) is 5.91 Å². The number of nitrogens with one attached hydrogen (secondary N) is 2. The van der Waals surface area contributed by atoms with Crippen molar-refractivity contribution in [2.45, 2.75) is 38.0 Å². The van der Waals surface area contributed by atoms with Crippen LogP contribution in [0.15, 0.2) is 48.7 Å². The van der Waals surface area contributed by atoms with Crippen LogP contribution in [-0.2, 0) is 17.4 Å². The number of hydrogen-bond acceptors (Lipinski definition) is 2. The maximum atomic E-state index is 12.6. The average molecular weight is 402 g/mol. The Morgan fingerprint density at radius 2 is 1.90 bits per heavy atom. The first-order chi connectivity index (χ1) is 13.8. The number of amides is 1. The predicted octanol–water partition coefficient (Wildman–Crippen LogP) is 5.20. The molecule has 1 heterocycles. The lowest BCUT2D eigenvalue weighted by Crippen LogP contribution is -2.12. The molecule has 4 nitrogen and oxygen atoms in total.